The van der Waals surface area contributed by atoms with Crippen molar-refractivity contribution in [3.63, 3.8) is 0 Å². The molecule has 0 atom stereocenters. The van der Waals surface area contributed by atoms with Gasteiger partial charge in [0.15, 0.2) is 6.29 Å². The quantitative estimate of drug-likeness (QED) is 0.713. The van der Waals surface area contributed by atoms with E-state index in [1.54, 1.807) is 24.3 Å². The lowest BCUT2D eigenvalue weighted by molar-refractivity contribution is 0.112. The third-order valence-electron chi connectivity index (χ3n) is 2.29. The Labute approximate surface area is 86.2 Å². The summed E-state index contributed by atoms with van der Waals surface area (Å²) in [6, 6.07) is 10.1. The number of aromatic hydroxyl groups is 1. The summed E-state index contributed by atoms with van der Waals surface area (Å²) < 4.78 is 0. The predicted octanol–water partition coefficient (Wildman–Crippen LogP) is 2.23. The van der Waals surface area contributed by atoms with Crippen LogP contribution in [-0.4, -0.2) is 11.4 Å². The van der Waals surface area contributed by atoms with Gasteiger partial charge in [-0.25, -0.2) is 0 Å². The van der Waals surface area contributed by atoms with Gasteiger partial charge in [0.05, 0.1) is 17.2 Å². The van der Waals surface area contributed by atoms with E-state index in [9.17, 15) is 9.90 Å². The van der Waals surface area contributed by atoms with Gasteiger partial charge in [0.1, 0.15) is 5.75 Å². The van der Waals surface area contributed by atoms with E-state index in [0.29, 0.717) is 17.2 Å². The van der Waals surface area contributed by atoms with E-state index < -0.39 is 0 Å². The Balaban J connectivity index is 2.85. The van der Waals surface area contributed by atoms with E-state index in [0.717, 1.165) is 5.39 Å². The molecular weight excluding hydrogens is 190 g/mol. The molecule has 15 heavy (non-hydrogen) atoms. The molecule has 72 valence electrons. The molecule has 0 aliphatic carbocycles. The van der Waals surface area contributed by atoms with Gasteiger partial charge in [0.25, 0.3) is 0 Å². The number of rotatable bonds is 1. The maximum absolute atomic E-state index is 10.8. The molecule has 0 spiro atoms. The summed E-state index contributed by atoms with van der Waals surface area (Å²) in [6.45, 7) is 0. The van der Waals surface area contributed by atoms with E-state index in [1.807, 2.05) is 6.07 Å². The molecule has 1 N–H and O–H groups in total. The number of fused-ring (bicyclic) bond motifs is 1. The van der Waals surface area contributed by atoms with E-state index in [2.05, 4.69) is 0 Å². The standard InChI is InChI=1S/C12H7NO2/c13-6-8-1-3-10-9(5-8)2-4-12(15)11(10)7-14/h1-5,7,15H. The van der Waals surface area contributed by atoms with Crippen molar-refractivity contribution in [2.45, 2.75) is 0 Å². The Morgan fingerprint density at radius 3 is 2.73 bits per heavy atom. The fourth-order valence-corrected chi connectivity index (χ4v) is 1.54. The van der Waals surface area contributed by atoms with Crippen LogP contribution in [0, 0.1) is 11.3 Å². The van der Waals surface area contributed by atoms with Gasteiger partial charge < -0.3 is 5.11 Å². The summed E-state index contributed by atoms with van der Waals surface area (Å²) in [6.07, 6.45) is 0.615. The highest BCUT2D eigenvalue weighted by Gasteiger charge is 2.05. The van der Waals surface area contributed by atoms with Crippen molar-refractivity contribution in [1.82, 2.24) is 0 Å². The zero-order valence-electron chi connectivity index (χ0n) is 7.77. The van der Waals surface area contributed by atoms with Gasteiger partial charge in [-0.15, -0.1) is 0 Å². The first-order valence-corrected chi connectivity index (χ1v) is 4.37. The van der Waals surface area contributed by atoms with Crippen LogP contribution in [0.1, 0.15) is 15.9 Å². The van der Waals surface area contributed by atoms with Crippen molar-refractivity contribution >= 4 is 17.1 Å². The van der Waals surface area contributed by atoms with E-state index >= 15 is 0 Å². The molecule has 0 unspecified atom stereocenters. The second-order valence-corrected chi connectivity index (χ2v) is 3.16. The van der Waals surface area contributed by atoms with Crippen LogP contribution >= 0.6 is 0 Å². The van der Waals surface area contributed by atoms with Gasteiger partial charge in [-0.2, -0.15) is 5.26 Å². The molecule has 0 saturated heterocycles. The average Bonchev–Trinajstić information content (AvgIpc) is 2.28. The van der Waals surface area contributed by atoms with Crippen molar-refractivity contribution in [1.29, 1.82) is 5.26 Å². The SMILES string of the molecule is N#Cc1ccc2c(C=O)c(O)ccc2c1. The van der Waals surface area contributed by atoms with Crippen LogP contribution in [-0.2, 0) is 0 Å². The number of phenols is 1. The smallest absolute Gasteiger partial charge is 0.154 e. The molecule has 0 aliphatic rings. The van der Waals surface area contributed by atoms with Crippen molar-refractivity contribution in [2.24, 2.45) is 0 Å². The number of carbonyl (C=O) groups is 1. The molecule has 0 saturated carbocycles. The number of carbonyl (C=O) groups excluding carboxylic acids is 1. The Kier molecular flexibility index (Phi) is 2.11. The highest BCUT2D eigenvalue weighted by Crippen LogP contribution is 2.26. The maximum atomic E-state index is 10.8. The fourth-order valence-electron chi connectivity index (χ4n) is 1.54. The molecule has 0 amide bonds. The first-order valence-electron chi connectivity index (χ1n) is 4.37. The monoisotopic (exact) mass is 197 g/mol. The minimum absolute atomic E-state index is 0.0396. The van der Waals surface area contributed by atoms with Gasteiger partial charge in [-0.05, 0) is 29.0 Å². The van der Waals surface area contributed by atoms with Crippen LogP contribution in [0.5, 0.6) is 5.75 Å². The van der Waals surface area contributed by atoms with Crippen LogP contribution in [0.15, 0.2) is 30.3 Å². The van der Waals surface area contributed by atoms with Crippen LogP contribution in [0.3, 0.4) is 0 Å². The minimum atomic E-state index is -0.0396. The van der Waals surface area contributed by atoms with E-state index in [1.165, 1.54) is 6.07 Å². The van der Waals surface area contributed by atoms with Crippen LogP contribution in [0.4, 0.5) is 0 Å². The first-order chi connectivity index (χ1) is 7.26. The van der Waals surface area contributed by atoms with Crippen molar-refractivity contribution in [3.8, 4) is 11.8 Å². The number of benzene rings is 2. The summed E-state index contributed by atoms with van der Waals surface area (Å²) in [5.41, 5.74) is 0.794. The Bertz CT molecular complexity index is 582. The Morgan fingerprint density at radius 2 is 2.07 bits per heavy atom. The highest BCUT2D eigenvalue weighted by atomic mass is 16.3. The number of phenolic OH excluding ortho intramolecular Hbond substituents is 1. The largest absolute Gasteiger partial charge is 0.507 e. The molecule has 0 aliphatic heterocycles. The van der Waals surface area contributed by atoms with Crippen molar-refractivity contribution < 1.29 is 9.90 Å². The number of nitriles is 1. The van der Waals surface area contributed by atoms with Crippen LogP contribution in [0.25, 0.3) is 10.8 Å². The highest BCUT2D eigenvalue weighted by molar-refractivity contribution is 6.01. The molecule has 0 heterocycles. The van der Waals surface area contributed by atoms with E-state index in [-0.39, 0.29) is 11.3 Å². The number of hydrogen-bond donors (Lipinski definition) is 1. The minimum Gasteiger partial charge on any atom is -0.507 e. The van der Waals surface area contributed by atoms with Crippen LogP contribution in [0.2, 0.25) is 0 Å². The van der Waals surface area contributed by atoms with Crippen molar-refractivity contribution in [2.75, 3.05) is 0 Å². The fraction of sp³-hybridized carbons (Fsp3) is 0. The van der Waals surface area contributed by atoms with Gasteiger partial charge in [-0.3, -0.25) is 4.79 Å². The van der Waals surface area contributed by atoms with E-state index in [4.69, 9.17) is 5.26 Å². The molecule has 3 nitrogen and oxygen atoms in total. The average molecular weight is 197 g/mol. The van der Waals surface area contributed by atoms with Gasteiger partial charge in [0.2, 0.25) is 0 Å². The molecule has 2 rings (SSSR count). The van der Waals surface area contributed by atoms with Gasteiger partial charge in [-0.1, -0.05) is 12.1 Å². The molecule has 0 radical (unpaired) electrons. The zero-order valence-corrected chi connectivity index (χ0v) is 7.77. The number of aldehydes is 1. The number of nitrogens with zero attached hydrogens (tertiary/aromatic N) is 1. The summed E-state index contributed by atoms with van der Waals surface area (Å²) in [7, 11) is 0. The zero-order chi connectivity index (χ0) is 10.8. The second-order valence-electron chi connectivity index (χ2n) is 3.16. The molecule has 0 fully saturated rings. The normalized spacial score (nSPS) is 9.80. The summed E-state index contributed by atoms with van der Waals surface area (Å²) in [5.74, 6) is -0.0396. The molecular formula is C12H7NO2. The summed E-state index contributed by atoms with van der Waals surface area (Å²) in [5, 5.41) is 19.6. The van der Waals surface area contributed by atoms with Crippen molar-refractivity contribution in [3.05, 3.63) is 41.5 Å². The first kappa shape index (κ1) is 9.22. The lowest BCUT2D eigenvalue weighted by atomic mass is 10.0. The molecule has 3 heteroatoms. The molecule has 0 aromatic heterocycles. The Morgan fingerprint density at radius 1 is 1.27 bits per heavy atom. The topological polar surface area (TPSA) is 61.1 Å². The Hall–Kier alpha value is -2.34. The molecule has 0 bridgehead atoms. The number of hydrogen-bond acceptors (Lipinski definition) is 3. The van der Waals surface area contributed by atoms with Gasteiger partial charge >= 0.3 is 0 Å². The molecule has 2 aromatic rings. The third kappa shape index (κ3) is 1.42. The summed E-state index contributed by atoms with van der Waals surface area (Å²) >= 11 is 0. The molecule has 2 aromatic carbocycles. The van der Waals surface area contributed by atoms with Crippen LogP contribution < -0.4 is 0 Å². The predicted molar refractivity (Wildman–Crippen MR) is 55.7 cm³/mol. The lowest BCUT2D eigenvalue weighted by Crippen LogP contribution is -1.85. The van der Waals surface area contributed by atoms with Gasteiger partial charge in [0, 0.05) is 0 Å². The lowest BCUT2D eigenvalue weighted by Gasteiger charge is -2.03. The third-order valence-corrected chi connectivity index (χ3v) is 2.29. The second kappa shape index (κ2) is 3.43. The maximum Gasteiger partial charge on any atom is 0.154 e. The summed E-state index contributed by atoms with van der Waals surface area (Å²) in [4.78, 5) is 10.8.